The number of para-hydroxylation sites is 1. The van der Waals surface area contributed by atoms with E-state index in [9.17, 15) is 29.8 Å². The molecule has 0 bridgehead atoms. The van der Waals surface area contributed by atoms with Crippen molar-refractivity contribution < 1.29 is 24.2 Å². The smallest absolute Gasteiger partial charge is 0.339 e. The third-order valence-electron chi connectivity index (χ3n) is 4.04. The van der Waals surface area contributed by atoms with Crippen LogP contribution in [-0.2, 0) is 9.53 Å². The van der Waals surface area contributed by atoms with Crippen LogP contribution < -0.4 is 5.32 Å². The minimum Gasteiger partial charge on any atom is -0.449 e. The Morgan fingerprint density at radius 3 is 2.07 bits per heavy atom. The summed E-state index contributed by atoms with van der Waals surface area (Å²) in [6.45, 7) is 4.32. The van der Waals surface area contributed by atoms with Crippen LogP contribution >= 0.6 is 0 Å². The molecule has 28 heavy (non-hydrogen) atoms. The second kappa shape index (κ2) is 8.25. The van der Waals surface area contributed by atoms with Gasteiger partial charge in [0.15, 0.2) is 6.10 Å². The number of esters is 1. The van der Waals surface area contributed by atoms with Crippen LogP contribution in [0.2, 0.25) is 0 Å². The number of nitrogens with one attached hydrogen (secondary N) is 1. The molecule has 10 heteroatoms. The highest BCUT2D eigenvalue weighted by Crippen LogP contribution is 2.29. The van der Waals surface area contributed by atoms with E-state index in [2.05, 4.69) is 5.32 Å². The van der Waals surface area contributed by atoms with Gasteiger partial charge in [-0.3, -0.25) is 25.0 Å². The molecular weight excluding hydrogens is 370 g/mol. The second-order valence-corrected chi connectivity index (χ2v) is 6.01. The van der Waals surface area contributed by atoms with E-state index in [1.54, 1.807) is 31.2 Å². The standard InChI is InChI=1S/C18H17N3O7/c1-10-6-4-5-7-14(10)19-17(22)12(3)28-18(23)13-8-15(20(24)25)11(2)16(9-13)21(26)27/h4-9,12H,1-3H3,(H,19,22)/t12-/m1/s1. The van der Waals surface area contributed by atoms with Crippen molar-refractivity contribution in [3.8, 4) is 0 Å². The molecule has 0 aliphatic carbocycles. The Kier molecular flexibility index (Phi) is 6.04. The predicted molar refractivity (Wildman–Crippen MR) is 99.2 cm³/mol. The molecule has 0 aromatic heterocycles. The first kappa shape index (κ1) is 20.5. The number of nitro benzene ring substituents is 2. The third kappa shape index (κ3) is 4.47. The van der Waals surface area contributed by atoms with Gasteiger partial charge < -0.3 is 10.1 Å². The maximum Gasteiger partial charge on any atom is 0.339 e. The number of hydrogen-bond donors (Lipinski definition) is 1. The Morgan fingerprint density at radius 1 is 1.04 bits per heavy atom. The number of anilines is 1. The minimum absolute atomic E-state index is 0.183. The number of benzene rings is 2. The van der Waals surface area contributed by atoms with Crippen LogP contribution in [0.5, 0.6) is 0 Å². The quantitative estimate of drug-likeness (QED) is 0.455. The molecular formula is C18H17N3O7. The van der Waals surface area contributed by atoms with Crippen LogP contribution in [0, 0.1) is 34.1 Å². The van der Waals surface area contributed by atoms with Crippen molar-refractivity contribution in [3.63, 3.8) is 0 Å². The van der Waals surface area contributed by atoms with Gasteiger partial charge in [0.05, 0.1) is 15.4 Å². The topological polar surface area (TPSA) is 142 Å². The van der Waals surface area contributed by atoms with Gasteiger partial charge in [-0.2, -0.15) is 0 Å². The van der Waals surface area contributed by atoms with E-state index in [0.717, 1.165) is 17.7 Å². The van der Waals surface area contributed by atoms with Crippen molar-refractivity contribution in [1.82, 2.24) is 0 Å². The summed E-state index contributed by atoms with van der Waals surface area (Å²) in [6, 6.07) is 8.76. The summed E-state index contributed by atoms with van der Waals surface area (Å²) >= 11 is 0. The SMILES string of the molecule is Cc1ccccc1NC(=O)[C@@H](C)OC(=O)c1cc([N+](=O)[O-])c(C)c([N+](=O)[O-])c1. The third-order valence-corrected chi connectivity index (χ3v) is 4.04. The summed E-state index contributed by atoms with van der Waals surface area (Å²) in [6.07, 6.45) is -1.23. The zero-order valence-electron chi connectivity index (χ0n) is 15.3. The summed E-state index contributed by atoms with van der Waals surface area (Å²) in [4.78, 5) is 45.1. The van der Waals surface area contributed by atoms with E-state index in [1.807, 2.05) is 0 Å². The van der Waals surface area contributed by atoms with Gasteiger partial charge in [0.2, 0.25) is 0 Å². The van der Waals surface area contributed by atoms with E-state index < -0.39 is 39.2 Å². The monoisotopic (exact) mass is 387 g/mol. The van der Waals surface area contributed by atoms with Gasteiger partial charge in [-0.25, -0.2) is 4.79 Å². The fraction of sp³-hybridized carbons (Fsp3) is 0.222. The number of nitro groups is 2. The number of carbonyl (C=O) groups is 2. The number of ether oxygens (including phenoxy) is 1. The zero-order chi connectivity index (χ0) is 21.0. The lowest BCUT2D eigenvalue weighted by Crippen LogP contribution is -2.30. The lowest BCUT2D eigenvalue weighted by molar-refractivity contribution is -0.395. The van der Waals surface area contributed by atoms with Gasteiger partial charge in [0.1, 0.15) is 5.56 Å². The fourth-order valence-electron chi connectivity index (χ4n) is 2.41. The molecule has 2 rings (SSSR count). The number of aryl methyl sites for hydroxylation is 1. The Morgan fingerprint density at radius 2 is 1.57 bits per heavy atom. The van der Waals surface area contributed by atoms with Gasteiger partial charge in [0, 0.05) is 17.8 Å². The van der Waals surface area contributed by atoms with Gasteiger partial charge in [0.25, 0.3) is 17.3 Å². The summed E-state index contributed by atoms with van der Waals surface area (Å²) in [7, 11) is 0. The maximum absolute atomic E-state index is 12.3. The Balaban J connectivity index is 2.22. The highest BCUT2D eigenvalue weighted by Gasteiger charge is 2.27. The summed E-state index contributed by atoms with van der Waals surface area (Å²) < 4.78 is 5.02. The largest absolute Gasteiger partial charge is 0.449 e. The molecule has 0 heterocycles. The molecule has 0 aliphatic rings. The molecule has 0 aliphatic heterocycles. The molecule has 0 saturated heterocycles. The molecule has 0 spiro atoms. The molecule has 0 fully saturated rings. The molecule has 1 atom stereocenters. The van der Waals surface area contributed by atoms with Crippen molar-refractivity contribution in [2.45, 2.75) is 26.9 Å². The van der Waals surface area contributed by atoms with Crippen LogP contribution in [0.4, 0.5) is 17.1 Å². The molecule has 0 radical (unpaired) electrons. The van der Waals surface area contributed by atoms with Crippen LogP contribution in [0.25, 0.3) is 0 Å². The Labute approximate surface area is 159 Å². The zero-order valence-corrected chi connectivity index (χ0v) is 15.3. The molecule has 2 aromatic carbocycles. The normalized spacial score (nSPS) is 11.4. The molecule has 146 valence electrons. The van der Waals surface area contributed by atoms with Gasteiger partial charge in [-0.15, -0.1) is 0 Å². The van der Waals surface area contributed by atoms with E-state index in [-0.39, 0.29) is 11.1 Å². The van der Waals surface area contributed by atoms with Crippen LogP contribution in [0.1, 0.15) is 28.4 Å². The Hall–Kier alpha value is -3.82. The molecule has 10 nitrogen and oxygen atoms in total. The number of carbonyl (C=O) groups excluding carboxylic acids is 2. The average Bonchev–Trinajstić information content (AvgIpc) is 2.63. The van der Waals surface area contributed by atoms with Crippen molar-refractivity contribution in [2.75, 3.05) is 5.32 Å². The van der Waals surface area contributed by atoms with E-state index in [1.165, 1.54) is 13.8 Å². The molecule has 2 aromatic rings. The van der Waals surface area contributed by atoms with Crippen LogP contribution in [0.3, 0.4) is 0 Å². The summed E-state index contributed by atoms with van der Waals surface area (Å²) in [5.41, 5.74) is -0.399. The first-order chi connectivity index (χ1) is 13.1. The number of rotatable bonds is 6. The predicted octanol–water partition coefficient (Wildman–Crippen LogP) is 3.30. The molecule has 1 N–H and O–H groups in total. The van der Waals surface area contributed by atoms with Crippen molar-refractivity contribution >= 4 is 28.9 Å². The first-order valence-corrected chi connectivity index (χ1v) is 8.12. The lowest BCUT2D eigenvalue weighted by atomic mass is 10.1. The van der Waals surface area contributed by atoms with E-state index in [4.69, 9.17) is 4.74 Å². The van der Waals surface area contributed by atoms with Crippen molar-refractivity contribution in [2.24, 2.45) is 0 Å². The second-order valence-electron chi connectivity index (χ2n) is 6.01. The maximum atomic E-state index is 12.3. The average molecular weight is 387 g/mol. The molecule has 0 saturated carbocycles. The molecule has 1 amide bonds. The van der Waals surface area contributed by atoms with Gasteiger partial charge in [-0.1, -0.05) is 18.2 Å². The molecule has 0 unspecified atom stereocenters. The first-order valence-electron chi connectivity index (χ1n) is 8.12. The lowest BCUT2D eigenvalue weighted by Gasteiger charge is -2.14. The summed E-state index contributed by atoms with van der Waals surface area (Å²) in [5, 5.41) is 24.8. The number of hydrogen-bond acceptors (Lipinski definition) is 7. The summed E-state index contributed by atoms with van der Waals surface area (Å²) in [5.74, 6) is -1.70. The van der Waals surface area contributed by atoms with E-state index >= 15 is 0 Å². The number of nitrogens with zero attached hydrogens (tertiary/aromatic N) is 2. The Bertz CT molecular complexity index is 936. The highest BCUT2D eigenvalue weighted by molar-refractivity contribution is 5.98. The van der Waals surface area contributed by atoms with Gasteiger partial charge >= 0.3 is 5.97 Å². The van der Waals surface area contributed by atoms with Crippen molar-refractivity contribution in [1.29, 1.82) is 0 Å². The fourth-order valence-corrected chi connectivity index (χ4v) is 2.41. The van der Waals surface area contributed by atoms with Crippen LogP contribution in [0.15, 0.2) is 36.4 Å². The van der Waals surface area contributed by atoms with E-state index in [0.29, 0.717) is 5.69 Å². The van der Waals surface area contributed by atoms with Gasteiger partial charge in [-0.05, 0) is 32.4 Å². The van der Waals surface area contributed by atoms with Crippen LogP contribution in [-0.4, -0.2) is 27.8 Å². The minimum atomic E-state index is -1.23. The highest BCUT2D eigenvalue weighted by atomic mass is 16.6. The number of amides is 1. The van der Waals surface area contributed by atoms with Crippen molar-refractivity contribution in [3.05, 3.63) is 73.3 Å².